The van der Waals surface area contributed by atoms with Gasteiger partial charge in [-0.1, -0.05) is 62.4 Å². The normalized spacial score (nSPS) is 13.1. The molecule has 33 heavy (non-hydrogen) atoms. The summed E-state index contributed by atoms with van der Waals surface area (Å²) >= 11 is 0. The SMILES string of the molecule is CCC(CC)(NC(=O)C(F)(F)CNC(=O)OCC1c2ccccc2-c2ccccc21)C(=O)O. The van der Waals surface area contributed by atoms with Gasteiger partial charge >= 0.3 is 18.0 Å². The molecule has 2 aromatic rings. The van der Waals surface area contributed by atoms with Gasteiger partial charge in [-0.3, -0.25) is 4.79 Å². The van der Waals surface area contributed by atoms with Crippen LogP contribution < -0.4 is 10.6 Å². The molecule has 0 unspecified atom stereocenters. The van der Waals surface area contributed by atoms with Crippen LogP contribution in [0.2, 0.25) is 0 Å². The number of aliphatic carboxylic acids is 1. The van der Waals surface area contributed by atoms with Crippen molar-refractivity contribution in [3.8, 4) is 11.1 Å². The topological polar surface area (TPSA) is 105 Å². The lowest BCUT2D eigenvalue weighted by Gasteiger charge is -2.30. The summed E-state index contributed by atoms with van der Waals surface area (Å²) in [7, 11) is 0. The van der Waals surface area contributed by atoms with Crippen molar-refractivity contribution in [3.05, 3.63) is 59.7 Å². The molecule has 3 N–H and O–H groups in total. The fraction of sp³-hybridized carbons (Fsp3) is 0.375. The third-order valence-electron chi connectivity index (χ3n) is 6.10. The number of hydrogen-bond donors (Lipinski definition) is 3. The molecule has 176 valence electrons. The van der Waals surface area contributed by atoms with E-state index in [1.165, 1.54) is 13.8 Å². The van der Waals surface area contributed by atoms with E-state index in [4.69, 9.17) is 4.74 Å². The number of carboxylic acid groups (broad SMARTS) is 1. The number of ether oxygens (including phenoxy) is 1. The number of hydrogen-bond acceptors (Lipinski definition) is 4. The van der Waals surface area contributed by atoms with Crippen LogP contribution in [-0.4, -0.2) is 47.7 Å². The summed E-state index contributed by atoms with van der Waals surface area (Å²) in [6.07, 6.45) is -1.24. The molecule has 0 fully saturated rings. The van der Waals surface area contributed by atoms with Gasteiger partial charge < -0.3 is 20.5 Å². The van der Waals surface area contributed by atoms with Gasteiger partial charge in [0, 0.05) is 5.92 Å². The predicted octanol–water partition coefficient (Wildman–Crippen LogP) is 3.92. The second kappa shape index (κ2) is 9.56. The minimum Gasteiger partial charge on any atom is -0.480 e. The molecule has 0 spiro atoms. The minimum absolute atomic E-state index is 0.0641. The van der Waals surface area contributed by atoms with E-state index in [0.29, 0.717) is 0 Å². The maximum Gasteiger partial charge on any atom is 0.407 e. The highest BCUT2D eigenvalue weighted by molar-refractivity contribution is 5.91. The highest BCUT2D eigenvalue weighted by atomic mass is 19.3. The first-order chi connectivity index (χ1) is 15.6. The summed E-state index contributed by atoms with van der Waals surface area (Å²) in [6, 6.07) is 15.4. The molecular weight excluding hydrogens is 434 g/mol. The van der Waals surface area contributed by atoms with E-state index >= 15 is 0 Å². The monoisotopic (exact) mass is 460 g/mol. The Hall–Kier alpha value is -3.49. The van der Waals surface area contributed by atoms with Gasteiger partial charge in [-0.15, -0.1) is 0 Å². The van der Waals surface area contributed by atoms with Crippen molar-refractivity contribution in [1.29, 1.82) is 0 Å². The Morgan fingerprint density at radius 1 is 0.970 bits per heavy atom. The zero-order chi connectivity index (χ0) is 24.2. The number of carbonyl (C=O) groups is 3. The number of rotatable bonds is 9. The summed E-state index contributed by atoms with van der Waals surface area (Å²) in [5.74, 6) is -7.43. The van der Waals surface area contributed by atoms with Gasteiger partial charge in [-0.05, 0) is 35.1 Å². The summed E-state index contributed by atoms with van der Waals surface area (Å²) < 4.78 is 33.8. The third-order valence-corrected chi connectivity index (χ3v) is 6.10. The van der Waals surface area contributed by atoms with Crippen molar-refractivity contribution in [2.75, 3.05) is 13.2 Å². The number of benzene rings is 2. The number of carbonyl (C=O) groups excluding carboxylic acids is 2. The fourth-order valence-corrected chi connectivity index (χ4v) is 4.00. The minimum atomic E-state index is -4.02. The second-order valence-electron chi connectivity index (χ2n) is 7.93. The van der Waals surface area contributed by atoms with E-state index in [-0.39, 0.29) is 25.4 Å². The average Bonchev–Trinajstić information content (AvgIpc) is 3.13. The molecule has 2 aromatic carbocycles. The average molecular weight is 460 g/mol. The Balaban J connectivity index is 1.59. The molecule has 0 radical (unpaired) electrons. The van der Waals surface area contributed by atoms with Gasteiger partial charge in [0.25, 0.3) is 5.91 Å². The Morgan fingerprint density at radius 3 is 1.97 bits per heavy atom. The van der Waals surface area contributed by atoms with Crippen LogP contribution in [0.1, 0.15) is 43.7 Å². The van der Waals surface area contributed by atoms with E-state index in [1.807, 2.05) is 59.2 Å². The van der Waals surface area contributed by atoms with Gasteiger partial charge in [0.05, 0.1) is 6.54 Å². The van der Waals surface area contributed by atoms with Gasteiger partial charge in [-0.2, -0.15) is 8.78 Å². The molecule has 0 aromatic heterocycles. The molecule has 0 bridgehead atoms. The Morgan fingerprint density at radius 2 is 1.48 bits per heavy atom. The van der Waals surface area contributed by atoms with Crippen LogP contribution in [0.25, 0.3) is 11.1 Å². The van der Waals surface area contributed by atoms with Gasteiger partial charge in [0.15, 0.2) is 0 Å². The maximum absolute atomic E-state index is 14.3. The number of nitrogens with one attached hydrogen (secondary N) is 2. The Bertz CT molecular complexity index is 1010. The highest BCUT2D eigenvalue weighted by Crippen LogP contribution is 2.44. The van der Waals surface area contributed by atoms with Crippen LogP contribution in [0.4, 0.5) is 13.6 Å². The lowest BCUT2D eigenvalue weighted by Crippen LogP contribution is -2.59. The number of fused-ring (bicyclic) bond motifs is 3. The number of carboxylic acids is 1. The predicted molar refractivity (Wildman–Crippen MR) is 117 cm³/mol. The van der Waals surface area contributed by atoms with Crippen LogP contribution in [0.3, 0.4) is 0 Å². The summed E-state index contributed by atoms with van der Waals surface area (Å²) in [4.78, 5) is 35.6. The van der Waals surface area contributed by atoms with Crippen molar-refractivity contribution in [3.63, 3.8) is 0 Å². The van der Waals surface area contributed by atoms with E-state index in [0.717, 1.165) is 22.3 Å². The number of amides is 2. The number of alkyl halides is 2. The van der Waals surface area contributed by atoms with E-state index in [1.54, 1.807) is 0 Å². The molecule has 0 atom stereocenters. The first kappa shape index (κ1) is 24.2. The largest absolute Gasteiger partial charge is 0.480 e. The lowest BCUT2D eigenvalue weighted by molar-refractivity contribution is -0.155. The standard InChI is InChI=1S/C24H26F2N2O5/c1-3-23(4-2,21(30)31)28-20(29)24(25,26)14-27-22(32)33-13-19-17-11-7-5-9-15(17)16-10-6-8-12-18(16)19/h5-12,19H,3-4,13-14H2,1-2H3,(H,27,32)(H,28,29)(H,30,31). The van der Waals surface area contributed by atoms with Gasteiger partial charge in [0.1, 0.15) is 12.1 Å². The molecule has 0 heterocycles. The molecule has 7 nitrogen and oxygen atoms in total. The first-order valence-electron chi connectivity index (χ1n) is 10.7. The molecular formula is C24H26F2N2O5. The van der Waals surface area contributed by atoms with Crippen molar-refractivity contribution in [2.45, 2.75) is 44.1 Å². The second-order valence-corrected chi connectivity index (χ2v) is 7.93. The summed E-state index contributed by atoms with van der Waals surface area (Å²) in [5, 5.41) is 13.1. The molecule has 9 heteroatoms. The Labute approximate surface area is 190 Å². The summed E-state index contributed by atoms with van der Waals surface area (Å²) in [6.45, 7) is 1.57. The van der Waals surface area contributed by atoms with Crippen LogP contribution in [0.15, 0.2) is 48.5 Å². The molecule has 0 saturated heterocycles. The first-order valence-corrected chi connectivity index (χ1v) is 10.7. The molecule has 3 rings (SSSR count). The Kier molecular flexibility index (Phi) is 7.00. The summed E-state index contributed by atoms with van der Waals surface area (Å²) in [5.41, 5.74) is 2.20. The smallest absolute Gasteiger partial charge is 0.407 e. The molecule has 1 aliphatic carbocycles. The molecule has 2 amide bonds. The lowest BCUT2D eigenvalue weighted by atomic mass is 9.92. The molecule has 0 aliphatic heterocycles. The third kappa shape index (κ3) is 4.81. The van der Waals surface area contributed by atoms with Gasteiger partial charge in [0.2, 0.25) is 0 Å². The van der Waals surface area contributed by atoms with Crippen molar-refractivity contribution in [2.24, 2.45) is 0 Å². The fourth-order valence-electron chi connectivity index (χ4n) is 4.00. The quantitative estimate of drug-likeness (QED) is 0.526. The van der Waals surface area contributed by atoms with Crippen LogP contribution in [0.5, 0.6) is 0 Å². The van der Waals surface area contributed by atoms with Crippen molar-refractivity contribution in [1.82, 2.24) is 10.6 Å². The molecule has 1 aliphatic rings. The van der Waals surface area contributed by atoms with E-state index in [2.05, 4.69) is 0 Å². The van der Waals surface area contributed by atoms with E-state index in [9.17, 15) is 28.3 Å². The maximum atomic E-state index is 14.3. The van der Waals surface area contributed by atoms with Crippen LogP contribution in [0, 0.1) is 0 Å². The number of alkyl carbamates (subject to hydrolysis) is 1. The van der Waals surface area contributed by atoms with Gasteiger partial charge in [-0.25, -0.2) is 9.59 Å². The number of halogens is 2. The highest BCUT2D eigenvalue weighted by Gasteiger charge is 2.46. The zero-order valence-corrected chi connectivity index (χ0v) is 18.4. The molecule has 0 saturated carbocycles. The van der Waals surface area contributed by atoms with Crippen molar-refractivity contribution >= 4 is 18.0 Å². The van der Waals surface area contributed by atoms with Crippen molar-refractivity contribution < 1.29 is 33.0 Å². The van der Waals surface area contributed by atoms with Crippen LogP contribution in [-0.2, 0) is 14.3 Å². The van der Waals surface area contributed by atoms with E-state index < -0.39 is 36.0 Å². The zero-order valence-electron chi connectivity index (χ0n) is 18.4. The van der Waals surface area contributed by atoms with Crippen LogP contribution >= 0.6 is 0 Å².